The van der Waals surface area contributed by atoms with Crippen LogP contribution in [0.2, 0.25) is 0 Å². The molecule has 0 aliphatic heterocycles. The second-order valence-electron chi connectivity index (χ2n) is 2.89. The minimum absolute atomic E-state index is 0.0389. The van der Waals surface area contributed by atoms with Crippen LogP contribution in [0.3, 0.4) is 0 Å². The zero-order valence-corrected chi connectivity index (χ0v) is 10.6. The minimum atomic E-state index is -0.928. The monoisotopic (exact) mass is 296 g/mol. The summed E-state index contributed by atoms with van der Waals surface area (Å²) in [5.74, 6) is -0.924. The lowest BCUT2D eigenvalue weighted by Gasteiger charge is -2.07. The smallest absolute Gasteiger partial charge is 0.200 e. The Hall–Kier alpha value is -0.290. The molecule has 0 N–H and O–H groups in total. The Morgan fingerprint density at radius 1 is 1.40 bits per heavy atom. The molecule has 1 nitrogen and oxygen atoms in total. The predicted octanol–water partition coefficient (Wildman–Crippen LogP) is 3.86. The van der Waals surface area contributed by atoms with Gasteiger partial charge in [0.25, 0.3) is 0 Å². The van der Waals surface area contributed by atoms with Crippen LogP contribution >= 0.6 is 27.7 Å². The summed E-state index contributed by atoms with van der Waals surface area (Å²) in [4.78, 5) is 0. The van der Waals surface area contributed by atoms with Gasteiger partial charge < -0.3 is 4.74 Å². The maximum absolute atomic E-state index is 13.2. The van der Waals surface area contributed by atoms with Gasteiger partial charge in [0.1, 0.15) is 0 Å². The number of thioether (sulfide) groups is 1. The van der Waals surface area contributed by atoms with E-state index in [1.165, 1.54) is 6.07 Å². The molecule has 5 heteroatoms. The van der Waals surface area contributed by atoms with E-state index in [4.69, 9.17) is 4.74 Å². The van der Waals surface area contributed by atoms with E-state index in [1.807, 2.05) is 6.26 Å². The number of ether oxygens (including phenoxy) is 1. The molecule has 0 amide bonds. The van der Waals surface area contributed by atoms with Crippen molar-refractivity contribution >= 4 is 27.7 Å². The Labute approximate surface area is 100 Å². The van der Waals surface area contributed by atoms with Gasteiger partial charge in [0.15, 0.2) is 11.6 Å². The van der Waals surface area contributed by atoms with Crippen LogP contribution in [0.15, 0.2) is 16.6 Å². The molecule has 84 valence electrons. The zero-order valence-electron chi connectivity index (χ0n) is 8.23. The van der Waals surface area contributed by atoms with Crippen LogP contribution in [-0.2, 0) is 0 Å². The topological polar surface area (TPSA) is 9.23 Å². The third kappa shape index (κ3) is 3.99. The average molecular weight is 297 g/mol. The van der Waals surface area contributed by atoms with E-state index in [9.17, 15) is 8.78 Å². The molecule has 0 atom stereocenters. The molecule has 0 aliphatic rings. The van der Waals surface area contributed by atoms with Crippen LogP contribution in [0.1, 0.15) is 6.42 Å². The predicted molar refractivity (Wildman–Crippen MR) is 62.6 cm³/mol. The fourth-order valence-electron chi connectivity index (χ4n) is 1.02. The van der Waals surface area contributed by atoms with Gasteiger partial charge in [-0.05, 0) is 30.6 Å². The Morgan fingerprint density at radius 3 is 2.80 bits per heavy atom. The van der Waals surface area contributed by atoms with E-state index in [0.717, 1.165) is 18.2 Å². The number of halogens is 3. The molecule has 0 fully saturated rings. The van der Waals surface area contributed by atoms with Crippen molar-refractivity contribution in [2.75, 3.05) is 18.6 Å². The van der Waals surface area contributed by atoms with E-state index < -0.39 is 11.6 Å². The number of benzene rings is 1. The highest BCUT2D eigenvalue weighted by Crippen LogP contribution is 2.25. The molecule has 1 aromatic rings. The molecule has 0 saturated carbocycles. The largest absolute Gasteiger partial charge is 0.490 e. The molecule has 0 spiro atoms. The van der Waals surface area contributed by atoms with E-state index >= 15 is 0 Å². The lowest BCUT2D eigenvalue weighted by Crippen LogP contribution is -2.01. The standard InChI is InChI=1S/C10H11BrF2OS/c1-15-4-2-3-14-9-6-7(11)5-8(12)10(9)13/h5-6H,2-4H2,1H3. The van der Waals surface area contributed by atoms with E-state index in [2.05, 4.69) is 15.9 Å². The van der Waals surface area contributed by atoms with Crippen LogP contribution in [0, 0.1) is 11.6 Å². The van der Waals surface area contributed by atoms with Crippen LogP contribution in [0.25, 0.3) is 0 Å². The highest BCUT2D eigenvalue weighted by atomic mass is 79.9. The summed E-state index contributed by atoms with van der Waals surface area (Å²) in [7, 11) is 0. The molecule has 0 heterocycles. The van der Waals surface area contributed by atoms with Crippen molar-refractivity contribution in [2.24, 2.45) is 0 Å². The van der Waals surface area contributed by atoms with Crippen molar-refractivity contribution in [3.63, 3.8) is 0 Å². The van der Waals surface area contributed by atoms with Crippen molar-refractivity contribution in [2.45, 2.75) is 6.42 Å². The lowest BCUT2D eigenvalue weighted by atomic mass is 10.3. The highest BCUT2D eigenvalue weighted by Gasteiger charge is 2.10. The first-order valence-electron chi connectivity index (χ1n) is 4.41. The number of rotatable bonds is 5. The SMILES string of the molecule is CSCCCOc1cc(Br)cc(F)c1F. The molecule has 0 unspecified atom stereocenters. The summed E-state index contributed by atoms with van der Waals surface area (Å²) in [6.45, 7) is 0.396. The summed E-state index contributed by atoms with van der Waals surface area (Å²) >= 11 is 4.77. The Morgan fingerprint density at radius 2 is 2.13 bits per heavy atom. The summed E-state index contributed by atoms with van der Waals surface area (Å²) in [5.41, 5.74) is 0. The first kappa shape index (κ1) is 12.8. The van der Waals surface area contributed by atoms with Gasteiger partial charge in [-0.2, -0.15) is 16.2 Å². The van der Waals surface area contributed by atoms with Gasteiger partial charge in [-0.15, -0.1) is 0 Å². The lowest BCUT2D eigenvalue weighted by molar-refractivity contribution is 0.296. The molecular weight excluding hydrogens is 286 g/mol. The van der Waals surface area contributed by atoms with Crippen molar-refractivity contribution in [1.29, 1.82) is 0 Å². The highest BCUT2D eigenvalue weighted by molar-refractivity contribution is 9.10. The quantitative estimate of drug-likeness (QED) is 0.603. The molecule has 0 saturated heterocycles. The fourth-order valence-corrected chi connectivity index (χ4v) is 1.84. The molecule has 0 bridgehead atoms. The first-order chi connectivity index (χ1) is 7.15. The fraction of sp³-hybridized carbons (Fsp3) is 0.400. The van der Waals surface area contributed by atoms with Crippen LogP contribution < -0.4 is 4.74 Å². The number of hydrogen-bond acceptors (Lipinski definition) is 2. The molecule has 1 aromatic carbocycles. The van der Waals surface area contributed by atoms with E-state index in [-0.39, 0.29) is 5.75 Å². The molecule has 0 aromatic heterocycles. The van der Waals surface area contributed by atoms with Gasteiger partial charge in [0, 0.05) is 4.47 Å². The Kier molecular flexibility index (Phi) is 5.39. The van der Waals surface area contributed by atoms with Crippen molar-refractivity contribution < 1.29 is 13.5 Å². The summed E-state index contributed by atoms with van der Waals surface area (Å²) in [5, 5.41) is 0. The number of hydrogen-bond donors (Lipinski definition) is 0. The van der Waals surface area contributed by atoms with Gasteiger partial charge >= 0.3 is 0 Å². The van der Waals surface area contributed by atoms with E-state index in [1.54, 1.807) is 11.8 Å². The molecule has 0 radical (unpaired) electrons. The minimum Gasteiger partial charge on any atom is -0.490 e. The van der Waals surface area contributed by atoms with Gasteiger partial charge in [-0.25, -0.2) is 4.39 Å². The third-order valence-electron chi connectivity index (χ3n) is 1.71. The Balaban J connectivity index is 2.60. The van der Waals surface area contributed by atoms with Crippen molar-refractivity contribution in [3.8, 4) is 5.75 Å². The second-order valence-corrected chi connectivity index (χ2v) is 4.80. The van der Waals surface area contributed by atoms with Gasteiger partial charge in [0.05, 0.1) is 6.61 Å². The Bertz CT molecular complexity index is 333. The van der Waals surface area contributed by atoms with Gasteiger partial charge in [-0.3, -0.25) is 0 Å². The van der Waals surface area contributed by atoms with Crippen LogP contribution in [-0.4, -0.2) is 18.6 Å². The van der Waals surface area contributed by atoms with Gasteiger partial charge in [-0.1, -0.05) is 15.9 Å². The molecule has 1 rings (SSSR count). The van der Waals surface area contributed by atoms with Crippen molar-refractivity contribution in [3.05, 3.63) is 28.2 Å². The van der Waals surface area contributed by atoms with Crippen LogP contribution in [0.5, 0.6) is 5.75 Å². The molecule has 15 heavy (non-hydrogen) atoms. The zero-order chi connectivity index (χ0) is 11.3. The average Bonchev–Trinajstić information content (AvgIpc) is 2.19. The summed E-state index contributed by atoms with van der Waals surface area (Å²) in [6.07, 6.45) is 2.80. The molecule has 0 aliphatic carbocycles. The normalized spacial score (nSPS) is 10.4. The third-order valence-corrected chi connectivity index (χ3v) is 2.86. The maximum Gasteiger partial charge on any atom is 0.200 e. The maximum atomic E-state index is 13.2. The summed E-state index contributed by atoms with van der Waals surface area (Å²) in [6, 6.07) is 2.50. The van der Waals surface area contributed by atoms with Crippen LogP contribution in [0.4, 0.5) is 8.78 Å². The summed E-state index contributed by atoms with van der Waals surface area (Å²) < 4.78 is 31.7. The second kappa shape index (κ2) is 6.33. The molecular formula is C10H11BrF2OS. The van der Waals surface area contributed by atoms with Gasteiger partial charge in [0.2, 0.25) is 5.82 Å². The van der Waals surface area contributed by atoms with Crippen molar-refractivity contribution in [1.82, 2.24) is 0 Å². The first-order valence-corrected chi connectivity index (χ1v) is 6.60. The van der Waals surface area contributed by atoms with E-state index in [0.29, 0.717) is 11.1 Å².